The van der Waals surface area contributed by atoms with E-state index in [0.717, 1.165) is 4.31 Å². The zero-order chi connectivity index (χ0) is 24.2. The number of rotatable bonds is 9. The van der Waals surface area contributed by atoms with Crippen LogP contribution in [0.3, 0.4) is 0 Å². The van der Waals surface area contributed by atoms with Gasteiger partial charge in [-0.2, -0.15) is 4.31 Å². The molecule has 3 aromatic rings. The van der Waals surface area contributed by atoms with Gasteiger partial charge in [0.05, 0.1) is 17.7 Å². The van der Waals surface area contributed by atoms with Crippen LogP contribution in [0.5, 0.6) is 0 Å². The number of halogens is 3. The van der Waals surface area contributed by atoms with Crippen molar-refractivity contribution in [3.05, 3.63) is 59.5 Å². The van der Waals surface area contributed by atoms with E-state index in [0.29, 0.717) is 5.52 Å². The van der Waals surface area contributed by atoms with Crippen molar-refractivity contribution in [2.75, 3.05) is 37.3 Å². The molecule has 8 nitrogen and oxygen atoms in total. The molecule has 0 aliphatic rings. The summed E-state index contributed by atoms with van der Waals surface area (Å²) in [6.45, 7) is 0.179. The van der Waals surface area contributed by atoms with Gasteiger partial charge in [0.1, 0.15) is 11.5 Å². The van der Waals surface area contributed by atoms with Crippen molar-refractivity contribution in [3.8, 4) is 0 Å². The number of ether oxygens (including phenoxy) is 1. The van der Waals surface area contributed by atoms with Crippen LogP contribution in [0.4, 0.5) is 10.1 Å². The average Bonchev–Trinajstić information content (AvgIpc) is 3.15. The zero-order valence-corrected chi connectivity index (χ0v) is 19.7. The van der Waals surface area contributed by atoms with Crippen LogP contribution in [0.25, 0.3) is 10.9 Å². The SMILES string of the molecule is COC(=O)c1[nH]c2ccc(F)cc2c1NC(=O)c1ccc(S(=O)(=O)N(CCCl)CCCl)cc1. The van der Waals surface area contributed by atoms with Gasteiger partial charge in [-0.3, -0.25) is 4.79 Å². The lowest BCUT2D eigenvalue weighted by Crippen LogP contribution is -2.34. The van der Waals surface area contributed by atoms with Gasteiger partial charge in [0, 0.05) is 41.3 Å². The number of nitrogens with zero attached hydrogens (tertiary/aromatic N) is 1. The molecule has 0 fully saturated rings. The van der Waals surface area contributed by atoms with Gasteiger partial charge in [-0.15, -0.1) is 23.2 Å². The Balaban J connectivity index is 1.91. The van der Waals surface area contributed by atoms with E-state index in [9.17, 15) is 22.4 Å². The summed E-state index contributed by atoms with van der Waals surface area (Å²) in [5.74, 6) is -1.73. The van der Waals surface area contributed by atoms with Gasteiger partial charge in [-0.1, -0.05) is 0 Å². The minimum atomic E-state index is -3.85. The summed E-state index contributed by atoms with van der Waals surface area (Å²) in [4.78, 5) is 27.8. The number of amides is 1. The van der Waals surface area contributed by atoms with Crippen molar-refractivity contribution in [1.29, 1.82) is 0 Å². The number of esters is 1. The van der Waals surface area contributed by atoms with Crippen molar-refractivity contribution in [2.45, 2.75) is 4.90 Å². The monoisotopic (exact) mass is 515 g/mol. The van der Waals surface area contributed by atoms with E-state index in [1.54, 1.807) is 0 Å². The van der Waals surface area contributed by atoms with E-state index in [4.69, 9.17) is 27.9 Å². The van der Waals surface area contributed by atoms with Crippen molar-refractivity contribution in [1.82, 2.24) is 9.29 Å². The van der Waals surface area contributed by atoms with E-state index in [-0.39, 0.29) is 52.1 Å². The van der Waals surface area contributed by atoms with Crippen LogP contribution in [0.1, 0.15) is 20.8 Å². The van der Waals surface area contributed by atoms with E-state index >= 15 is 0 Å². The third-order valence-corrected chi connectivity index (χ3v) is 7.06. The van der Waals surface area contributed by atoms with Crippen LogP contribution in [0.2, 0.25) is 0 Å². The molecule has 0 unspecified atom stereocenters. The molecular weight excluding hydrogens is 496 g/mol. The summed E-state index contributed by atoms with van der Waals surface area (Å²) in [6, 6.07) is 9.05. The fourth-order valence-electron chi connectivity index (χ4n) is 3.20. The number of hydrogen-bond acceptors (Lipinski definition) is 5. The minimum absolute atomic E-state index is 0.0290. The molecule has 0 saturated heterocycles. The molecule has 0 radical (unpaired) electrons. The number of fused-ring (bicyclic) bond motifs is 1. The van der Waals surface area contributed by atoms with Gasteiger partial charge in [0.15, 0.2) is 0 Å². The van der Waals surface area contributed by atoms with Crippen LogP contribution >= 0.6 is 23.2 Å². The molecule has 1 heterocycles. The van der Waals surface area contributed by atoms with Gasteiger partial charge in [-0.25, -0.2) is 17.6 Å². The topological polar surface area (TPSA) is 109 Å². The fraction of sp³-hybridized carbons (Fsp3) is 0.238. The van der Waals surface area contributed by atoms with E-state index in [2.05, 4.69) is 10.3 Å². The third-order valence-electron chi connectivity index (χ3n) is 4.81. The Labute approximate surface area is 199 Å². The van der Waals surface area contributed by atoms with E-state index in [1.165, 1.54) is 49.6 Å². The molecular formula is C21H20Cl2FN3O5S. The molecule has 1 aromatic heterocycles. The number of aromatic nitrogens is 1. The van der Waals surface area contributed by atoms with Crippen LogP contribution < -0.4 is 5.32 Å². The first kappa shape index (κ1) is 25.0. The number of aromatic amines is 1. The lowest BCUT2D eigenvalue weighted by Gasteiger charge is -2.20. The highest BCUT2D eigenvalue weighted by Crippen LogP contribution is 2.30. The molecule has 0 aliphatic heterocycles. The molecule has 0 atom stereocenters. The summed E-state index contributed by atoms with van der Waals surface area (Å²) in [7, 11) is -2.67. The smallest absolute Gasteiger partial charge is 0.356 e. The van der Waals surface area contributed by atoms with E-state index in [1.807, 2.05) is 0 Å². The van der Waals surface area contributed by atoms with Crippen LogP contribution in [0, 0.1) is 5.82 Å². The Morgan fingerprint density at radius 1 is 1.09 bits per heavy atom. The van der Waals surface area contributed by atoms with Gasteiger partial charge >= 0.3 is 5.97 Å². The van der Waals surface area contributed by atoms with Gasteiger partial charge < -0.3 is 15.0 Å². The van der Waals surface area contributed by atoms with Crippen LogP contribution in [0.15, 0.2) is 47.4 Å². The predicted octanol–water partition coefficient (Wildman–Crippen LogP) is 3.81. The number of nitrogens with one attached hydrogen (secondary N) is 2. The lowest BCUT2D eigenvalue weighted by molar-refractivity contribution is 0.0596. The molecule has 1 amide bonds. The van der Waals surface area contributed by atoms with Crippen molar-refractivity contribution in [3.63, 3.8) is 0 Å². The molecule has 0 saturated carbocycles. The second-order valence-corrected chi connectivity index (χ2v) is 9.51. The maximum atomic E-state index is 13.8. The Hall–Kier alpha value is -2.66. The molecule has 176 valence electrons. The van der Waals surface area contributed by atoms with E-state index < -0.39 is 27.7 Å². The van der Waals surface area contributed by atoms with Gasteiger partial charge in [0.2, 0.25) is 10.0 Å². The Morgan fingerprint density at radius 2 is 1.73 bits per heavy atom. The van der Waals surface area contributed by atoms with Crippen molar-refractivity contribution in [2.24, 2.45) is 0 Å². The first-order valence-corrected chi connectivity index (χ1v) is 12.2. The maximum absolute atomic E-state index is 13.8. The minimum Gasteiger partial charge on any atom is -0.464 e. The number of hydrogen-bond donors (Lipinski definition) is 2. The van der Waals surface area contributed by atoms with Crippen molar-refractivity contribution < 1.29 is 27.1 Å². The molecule has 3 rings (SSSR count). The van der Waals surface area contributed by atoms with Crippen LogP contribution in [-0.2, 0) is 14.8 Å². The highest BCUT2D eigenvalue weighted by Gasteiger charge is 2.25. The second kappa shape index (κ2) is 10.5. The third kappa shape index (κ3) is 5.30. The van der Waals surface area contributed by atoms with Crippen LogP contribution in [-0.4, -0.2) is 61.5 Å². The highest BCUT2D eigenvalue weighted by molar-refractivity contribution is 7.89. The molecule has 12 heteroatoms. The second-order valence-electron chi connectivity index (χ2n) is 6.82. The first-order chi connectivity index (χ1) is 15.7. The first-order valence-electron chi connectivity index (χ1n) is 9.66. The molecule has 2 aromatic carbocycles. The highest BCUT2D eigenvalue weighted by atomic mass is 35.5. The number of benzene rings is 2. The molecule has 0 bridgehead atoms. The quantitative estimate of drug-likeness (QED) is 0.332. The number of sulfonamides is 1. The summed E-state index contributed by atoms with van der Waals surface area (Å²) in [5, 5.41) is 2.86. The number of anilines is 1. The molecule has 2 N–H and O–H groups in total. The van der Waals surface area contributed by atoms with Gasteiger partial charge in [0.25, 0.3) is 5.91 Å². The fourth-order valence-corrected chi connectivity index (χ4v) is 5.25. The number of carbonyl (C=O) groups excluding carboxylic acids is 2. The lowest BCUT2D eigenvalue weighted by atomic mass is 10.1. The number of H-pyrrole nitrogens is 1. The standard InChI is InChI=1S/C21H20Cl2FN3O5S/c1-32-21(29)19-18(16-12-14(24)4-7-17(16)25-19)26-20(28)13-2-5-15(6-3-13)33(30,31)27(10-8-22)11-9-23/h2-7,12,25H,8-11H2,1H3,(H,26,28). The maximum Gasteiger partial charge on any atom is 0.356 e. The Morgan fingerprint density at radius 3 is 2.30 bits per heavy atom. The number of alkyl halides is 2. The average molecular weight is 516 g/mol. The normalized spacial score (nSPS) is 11.7. The summed E-state index contributed by atoms with van der Waals surface area (Å²) in [6.07, 6.45) is 0. The molecule has 0 spiro atoms. The molecule has 0 aliphatic carbocycles. The summed E-state index contributed by atoms with van der Waals surface area (Å²) < 4.78 is 45.3. The Kier molecular flexibility index (Phi) is 7.96. The Bertz CT molecular complexity index is 1270. The number of carbonyl (C=O) groups is 2. The van der Waals surface area contributed by atoms with Crippen molar-refractivity contribution >= 4 is 61.7 Å². The summed E-state index contributed by atoms with van der Waals surface area (Å²) >= 11 is 11.4. The van der Waals surface area contributed by atoms with Gasteiger partial charge in [-0.05, 0) is 42.5 Å². The zero-order valence-electron chi connectivity index (χ0n) is 17.4. The largest absolute Gasteiger partial charge is 0.464 e. The predicted molar refractivity (Wildman–Crippen MR) is 124 cm³/mol. The number of methoxy groups -OCH3 is 1. The summed E-state index contributed by atoms with van der Waals surface area (Å²) in [5.41, 5.74) is 0.542. The molecule has 33 heavy (non-hydrogen) atoms.